The topological polar surface area (TPSA) is 84.2 Å². The van der Waals surface area contributed by atoms with Crippen LogP contribution in [-0.4, -0.2) is 15.0 Å². The summed E-state index contributed by atoms with van der Waals surface area (Å²) in [6, 6.07) is 15.4. The van der Waals surface area contributed by atoms with Crippen LogP contribution in [0.5, 0.6) is 0 Å². The average molecular weight is 440 g/mol. The molecule has 1 unspecified atom stereocenters. The monoisotopic (exact) mass is 439 g/mol. The third-order valence-corrected chi connectivity index (χ3v) is 8.00. The van der Waals surface area contributed by atoms with Gasteiger partial charge in [0.2, 0.25) is 9.84 Å². The van der Waals surface area contributed by atoms with Crippen LogP contribution in [-0.2, 0) is 9.84 Å². The number of sulfone groups is 1. The number of benzene rings is 2. The molecule has 1 atom stereocenters. The largest absolute Gasteiger partial charge is 0.845 e. The molecule has 2 aliphatic heterocycles. The number of halogens is 1. The number of hydrogen-bond acceptors (Lipinski definition) is 6. The van der Waals surface area contributed by atoms with Crippen molar-refractivity contribution in [2.75, 3.05) is 11.4 Å². The number of nitriles is 1. The lowest BCUT2D eigenvalue weighted by molar-refractivity contribution is -0.410. The van der Waals surface area contributed by atoms with Gasteiger partial charge in [0.15, 0.2) is 0 Å². The van der Waals surface area contributed by atoms with Crippen molar-refractivity contribution in [2.45, 2.75) is 22.8 Å². The van der Waals surface area contributed by atoms with E-state index in [0.717, 1.165) is 22.7 Å². The molecule has 0 saturated carbocycles. The molecule has 0 fully saturated rings. The molecular formula is C22H16FN2O3S2-. The van der Waals surface area contributed by atoms with E-state index in [0.29, 0.717) is 11.6 Å². The third-order valence-electron chi connectivity index (χ3n) is 4.90. The highest BCUT2D eigenvalue weighted by Crippen LogP contribution is 2.47. The highest BCUT2D eigenvalue weighted by Gasteiger charge is 2.34. The number of rotatable bonds is 3. The first-order chi connectivity index (χ1) is 14.4. The Labute approximate surface area is 178 Å². The van der Waals surface area contributed by atoms with Crippen LogP contribution in [0.25, 0.3) is 0 Å². The Morgan fingerprint density at radius 1 is 1.27 bits per heavy atom. The Morgan fingerprint density at radius 3 is 2.67 bits per heavy atom. The van der Waals surface area contributed by atoms with E-state index >= 15 is 0 Å². The minimum Gasteiger partial charge on any atom is -0.845 e. The van der Waals surface area contributed by atoms with Gasteiger partial charge >= 0.3 is 0 Å². The Bertz CT molecular complexity index is 1270. The summed E-state index contributed by atoms with van der Waals surface area (Å²) >= 11 is 1.35. The Hall–Kier alpha value is -2.86. The number of anilines is 1. The fourth-order valence-electron chi connectivity index (χ4n) is 3.52. The standard InChI is InChI=1S/C22H16FN2O3S2/c1-2-25-17-8-4-5-9-18(17)29-22(25)14(13-24)11-15(23)12-20-21(26)16-7-3-6-10-19(16)30(20,27)28/h3-12,21H,2H2,1H3/q-1/b15-11-,20-12-,22-14+. The van der Waals surface area contributed by atoms with Gasteiger partial charge < -0.3 is 10.0 Å². The smallest absolute Gasteiger partial charge is 0.202 e. The van der Waals surface area contributed by atoms with Crippen LogP contribution in [0.15, 0.2) is 91.8 Å². The first kappa shape index (κ1) is 20.4. The number of allylic oxidation sites excluding steroid dienone is 4. The molecule has 0 bridgehead atoms. The van der Waals surface area contributed by atoms with E-state index in [1.807, 2.05) is 42.2 Å². The minimum atomic E-state index is -4.06. The molecule has 2 aromatic carbocycles. The van der Waals surface area contributed by atoms with Gasteiger partial charge in [-0.15, -0.1) is 0 Å². The van der Waals surface area contributed by atoms with E-state index in [4.69, 9.17) is 0 Å². The molecule has 8 heteroatoms. The fraction of sp³-hybridized carbons (Fsp3) is 0.136. The Kier molecular flexibility index (Phi) is 5.28. The minimum absolute atomic E-state index is 0.0581. The summed E-state index contributed by atoms with van der Waals surface area (Å²) in [6.07, 6.45) is 0.0176. The highest BCUT2D eigenvalue weighted by atomic mass is 32.2. The van der Waals surface area contributed by atoms with E-state index in [1.165, 1.54) is 30.0 Å². The van der Waals surface area contributed by atoms with Crippen LogP contribution in [0.4, 0.5) is 10.1 Å². The summed E-state index contributed by atoms with van der Waals surface area (Å²) in [5, 5.41) is 22.7. The molecular weight excluding hydrogens is 423 g/mol. The zero-order valence-electron chi connectivity index (χ0n) is 15.9. The summed E-state index contributed by atoms with van der Waals surface area (Å²) in [6.45, 7) is 2.50. The lowest BCUT2D eigenvalue weighted by Gasteiger charge is -2.18. The van der Waals surface area contributed by atoms with Crippen molar-refractivity contribution < 1.29 is 17.9 Å². The average Bonchev–Trinajstić information content (AvgIpc) is 3.21. The van der Waals surface area contributed by atoms with Gasteiger partial charge in [0.1, 0.15) is 11.9 Å². The number of thioether (sulfide) groups is 1. The van der Waals surface area contributed by atoms with Crippen LogP contribution < -0.4 is 10.0 Å². The quantitative estimate of drug-likeness (QED) is 0.673. The number of nitrogens with zero attached hydrogens (tertiary/aromatic N) is 2. The van der Waals surface area contributed by atoms with E-state index < -0.39 is 26.7 Å². The molecule has 0 saturated heterocycles. The highest BCUT2D eigenvalue weighted by molar-refractivity contribution is 8.03. The van der Waals surface area contributed by atoms with Crippen molar-refractivity contribution in [3.8, 4) is 6.07 Å². The molecule has 2 aromatic rings. The van der Waals surface area contributed by atoms with Crippen molar-refractivity contribution in [1.29, 1.82) is 5.26 Å². The normalized spacial score (nSPS) is 22.6. The summed E-state index contributed by atoms with van der Waals surface area (Å²) in [7, 11) is -4.06. The second-order valence-corrected chi connectivity index (χ2v) is 9.59. The van der Waals surface area contributed by atoms with Crippen molar-refractivity contribution >= 4 is 27.3 Å². The third kappa shape index (κ3) is 3.25. The number of para-hydroxylation sites is 1. The lowest BCUT2D eigenvalue weighted by Crippen LogP contribution is -2.17. The molecule has 152 valence electrons. The maximum atomic E-state index is 14.8. The molecule has 0 spiro atoms. The van der Waals surface area contributed by atoms with Gasteiger partial charge in [-0.2, -0.15) is 5.26 Å². The van der Waals surface area contributed by atoms with E-state index in [9.17, 15) is 23.2 Å². The maximum absolute atomic E-state index is 14.8. The zero-order valence-corrected chi connectivity index (χ0v) is 17.5. The molecule has 0 amide bonds. The maximum Gasteiger partial charge on any atom is 0.202 e. The second-order valence-electron chi connectivity index (χ2n) is 6.64. The van der Waals surface area contributed by atoms with Crippen LogP contribution in [0, 0.1) is 11.3 Å². The summed E-state index contributed by atoms with van der Waals surface area (Å²) < 4.78 is 40.1. The van der Waals surface area contributed by atoms with Crippen LogP contribution in [0.1, 0.15) is 18.6 Å². The Balaban J connectivity index is 1.75. The van der Waals surface area contributed by atoms with E-state index in [-0.39, 0.29) is 16.0 Å². The Morgan fingerprint density at radius 2 is 1.97 bits per heavy atom. The molecule has 0 aromatic heterocycles. The number of hydrogen-bond donors (Lipinski definition) is 0. The zero-order chi connectivity index (χ0) is 21.5. The van der Waals surface area contributed by atoms with Crippen molar-refractivity contribution in [1.82, 2.24) is 0 Å². The predicted molar refractivity (Wildman–Crippen MR) is 112 cm³/mol. The molecule has 0 N–H and O–H groups in total. The van der Waals surface area contributed by atoms with E-state index in [2.05, 4.69) is 0 Å². The molecule has 4 rings (SSSR count). The molecule has 5 nitrogen and oxygen atoms in total. The first-order valence-corrected chi connectivity index (χ1v) is 11.5. The fourth-order valence-corrected chi connectivity index (χ4v) is 6.39. The van der Waals surface area contributed by atoms with Crippen LogP contribution in [0.2, 0.25) is 0 Å². The van der Waals surface area contributed by atoms with Crippen molar-refractivity contribution in [3.63, 3.8) is 0 Å². The molecule has 0 aliphatic carbocycles. The van der Waals surface area contributed by atoms with Gasteiger partial charge in [-0.1, -0.05) is 48.2 Å². The lowest BCUT2D eigenvalue weighted by atomic mass is 10.1. The van der Waals surface area contributed by atoms with Gasteiger partial charge in [0.25, 0.3) is 0 Å². The van der Waals surface area contributed by atoms with Crippen LogP contribution in [0.3, 0.4) is 0 Å². The van der Waals surface area contributed by atoms with Gasteiger partial charge in [-0.05, 0) is 42.8 Å². The molecule has 2 aliphatic rings. The van der Waals surface area contributed by atoms with Crippen molar-refractivity contribution in [2.24, 2.45) is 0 Å². The summed E-state index contributed by atoms with van der Waals surface area (Å²) in [4.78, 5) is 2.20. The predicted octanol–water partition coefficient (Wildman–Crippen LogP) is 3.98. The van der Waals surface area contributed by atoms with Gasteiger partial charge in [-0.25, -0.2) is 12.8 Å². The van der Waals surface area contributed by atoms with Crippen LogP contribution >= 0.6 is 11.8 Å². The van der Waals surface area contributed by atoms with Gasteiger partial charge in [-0.3, -0.25) is 0 Å². The molecule has 2 heterocycles. The summed E-state index contributed by atoms with van der Waals surface area (Å²) in [5.41, 5.74) is 1.09. The second kappa shape index (κ2) is 7.76. The van der Waals surface area contributed by atoms with E-state index in [1.54, 1.807) is 6.07 Å². The number of fused-ring (bicyclic) bond motifs is 2. The van der Waals surface area contributed by atoms with Gasteiger partial charge in [0.05, 0.1) is 21.2 Å². The first-order valence-electron chi connectivity index (χ1n) is 9.16. The SMILES string of the molecule is CCN1/C(=C(C#N)/C=C(F)/C=C2/C([O-])c3ccccc3S2(=O)=O)Sc2ccccc21. The van der Waals surface area contributed by atoms with Crippen molar-refractivity contribution in [3.05, 3.63) is 87.6 Å². The molecule has 0 radical (unpaired) electrons. The molecule has 30 heavy (non-hydrogen) atoms. The van der Waals surface area contributed by atoms with Gasteiger partial charge in [0, 0.05) is 16.3 Å². The summed E-state index contributed by atoms with van der Waals surface area (Å²) in [5.74, 6) is -0.959.